The molecule has 1 aromatic rings. The maximum atomic E-state index is 11.5. The average Bonchev–Trinajstić information content (AvgIpc) is 2.58. The van der Waals surface area contributed by atoms with E-state index in [0.29, 0.717) is 5.92 Å². The first-order chi connectivity index (χ1) is 8.39. The summed E-state index contributed by atoms with van der Waals surface area (Å²) >= 11 is 0. The molecule has 1 fully saturated rings. The predicted octanol–water partition coefficient (Wildman–Crippen LogP) is 2.33. The Balaban J connectivity index is 2.25. The van der Waals surface area contributed by atoms with Crippen LogP contribution in [-0.2, 0) is 16.6 Å². The fourth-order valence-electron chi connectivity index (χ4n) is 2.97. The molecule has 2 rings (SSSR count). The minimum Gasteiger partial charge on any atom is -0.348 e. The van der Waals surface area contributed by atoms with Crippen molar-refractivity contribution in [2.24, 2.45) is 11.1 Å². The molecule has 0 saturated heterocycles. The van der Waals surface area contributed by atoms with Gasteiger partial charge in [0.05, 0.1) is 0 Å². The van der Waals surface area contributed by atoms with E-state index in [1.807, 2.05) is 13.8 Å². The number of sulfonamides is 1. The van der Waals surface area contributed by atoms with Crippen LogP contribution in [0.3, 0.4) is 0 Å². The minimum atomic E-state index is -3.60. The highest BCUT2D eigenvalue weighted by Gasteiger charge is 2.20. The highest BCUT2D eigenvalue weighted by atomic mass is 32.2. The summed E-state index contributed by atoms with van der Waals surface area (Å²) in [7, 11) is -3.60. The lowest BCUT2D eigenvalue weighted by Gasteiger charge is -2.23. The van der Waals surface area contributed by atoms with Crippen LogP contribution in [0.4, 0.5) is 0 Å². The first kappa shape index (κ1) is 13.6. The lowest BCUT2D eigenvalue weighted by atomic mass is 9.89. The Morgan fingerprint density at radius 3 is 2.39 bits per heavy atom. The highest BCUT2D eigenvalue weighted by Crippen LogP contribution is 2.27. The highest BCUT2D eigenvalue weighted by molar-refractivity contribution is 7.89. The number of aromatic nitrogens is 1. The van der Waals surface area contributed by atoms with Gasteiger partial charge in [0.15, 0.2) is 0 Å². The van der Waals surface area contributed by atoms with Gasteiger partial charge in [0, 0.05) is 17.9 Å². The summed E-state index contributed by atoms with van der Waals surface area (Å²) in [4.78, 5) is 0.274. The first-order valence-corrected chi connectivity index (χ1v) is 8.14. The summed E-state index contributed by atoms with van der Waals surface area (Å²) in [6.45, 7) is 4.72. The molecular formula is C13H22N2O2S. The van der Waals surface area contributed by atoms with Crippen molar-refractivity contribution in [3.63, 3.8) is 0 Å². The van der Waals surface area contributed by atoms with Crippen LogP contribution in [0, 0.1) is 19.8 Å². The van der Waals surface area contributed by atoms with E-state index in [-0.39, 0.29) is 4.90 Å². The molecule has 102 valence electrons. The van der Waals surface area contributed by atoms with Gasteiger partial charge in [-0.1, -0.05) is 19.3 Å². The van der Waals surface area contributed by atoms with Gasteiger partial charge < -0.3 is 4.57 Å². The topological polar surface area (TPSA) is 65.1 Å². The van der Waals surface area contributed by atoms with Crippen molar-refractivity contribution >= 4 is 10.0 Å². The van der Waals surface area contributed by atoms with Gasteiger partial charge >= 0.3 is 0 Å². The fraction of sp³-hybridized carbons (Fsp3) is 0.692. The zero-order chi connectivity index (χ0) is 13.3. The zero-order valence-corrected chi connectivity index (χ0v) is 12.0. The van der Waals surface area contributed by atoms with Gasteiger partial charge in [-0.3, -0.25) is 0 Å². The molecule has 4 nitrogen and oxygen atoms in total. The second kappa shape index (κ2) is 5.05. The van der Waals surface area contributed by atoms with Crippen LogP contribution in [0.1, 0.15) is 43.5 Å². The summed E-state index contributed by atoms with van der Waals surface area (Å²) in [6.07, 6.45) is 6.43. The summed E-state index contributed by atoms with van der Waals surface area (Å²) in [6, 6.07) is 1.69. The van der Waals surface area contributed by atoms with Gasteiger partial charge in [-0.15, -0.1) is 0 Å². The van der Waals surface area contributed by atoms with Crippen LogP contribution in [0.5, 0.6) is 0 Å². The second-order valence-electron chi connectivity index (χ2n) is 5.40. The van der Waals surface area contributed by atoms with E-state index < -0.39 is 10.0 Å². The Kier molecular flexibility index (Phi) is 3.82. The van der Waals surface area contributed by atoms with Crippen LogP contribution >= 0.6 is 0 Å². The molecular weight excluding hydrogens is 248 g/mol. The maximum absolute atomic E-state index is 11.5. The van der Waals surface area contributed by atoms with Crippen molar-refractivity contribution in [2.45, 2.75) is 57.4 Å². The molecule has 0 aromatic carbocycles. The molecule has 1 saturated carbocycles. The van der Waals surface area contributed by atoms with E-state index in [1.165, 1.54) is 32.1 Å². The summed E-state index contributed by atoms with van der Waals surface area (Å²) in [5.41, 5.74) is 1.77. The van der Waals surface area contributed by atoms with Gasteiger partial charge in [-0.05, 0) is 38.7 Å². The van der Waals surface area contributed by atoms with E-state index >= 15 is 0 Å². The van der Waals surface area contributed by atoms with E-state index in [0.717, 1.165) is 17.9 Å². The zero-order valence-electron chi connectivity index (χ0n) is 11.1. The molecule has 0 aliphatic heterocycles. The molecule has 2 N–H and O–H groups in total. The molecule has 1 aliphatic rings. The number of aryl methyl sites for hydroxylation is 1. The Hall–Kier alpha value is -0.810. The molecule has 0 amide bonds. The third-order valence-corrected chi connectivity index (χ3v) is 5.03. The molecule has 5 heteroatoms. The van der Waals surface area contributed by atoms with Gasteiger partial charge in [0.2, 0.25) is 10.0 Å². The number of nitrogens with two attached hydrogens (primary N) is 1. The van der Waals surface area contributed by atoms with E-state index in [9.17, 15) is 8.42 Å². The third kappa shape index (κ3) is 2.78. The van der Waals surface area contributed by atoms with Crippen molar-refractivity contribution in [1.82, 2.24) is 4.57 Å². The molecule has 0 atom stereocenters. The molecule has 0 bridgehead atoms. The molecule has 0 unspecified atom stereocenters. The smallest absolute Gasteiger partial charge is 0.239 e. The molecule has 1 aliphatic carbocycles. The summed E-state index contributed by atoms with van der Waals surface area (Å²) in [5.74, 6) is 0.678. The van der Waals surface area contributed by atoms with Crippen LogP contribution in [-0.4, -0.2) is 13.0 Å². The normalized spacial score (nSPS) is 18.2. The number of hydrogen-bond donors (Lipinski definition) is 1. The third-order valence-electron chi connectivity index (χ3n) is 4.00. The quantitative estimate of drug-likeness (QED) is 0.916. The van der Waals surface area contributed by atoms with Crippen molar-refractivity contribution in [3.8, 4) is 0 Å². The van der Waals surface area contributed by atoms with Crippen molar-refractivity contribution in [2.75, 3.05) is 0 Å². The average molecular weight is 270 g/mol. The standard InChI is InChI=1S/C13H22N2O2S/c1-10-8-13(18(14,16)17)11(2)15(10)9-12-6-4-3-5-7-12/h8,12H,3-7,9H2,1-2H3,(H2,14,16,17). The fourth-order valence-corrected chi connectivity index (χ4v) is 3.82. The van der Waals surface area contributed by atoms with Gasteiger partial charge in [-0.25, -0.2) is 13.6 Å². The van der Waals surface area contributed by atoms with Crippen LogP contribution in [0.15, 0.2) is 11.0 Å². The molecule has 1 aromatic heterocycles. The summed E-state index contributed by atoms with van der Waals surface area (Å²) in [5, 5.41) is 5.23. The van der Waals surface area contributed by atoms with Crippen molar-refractivity contribution in [1.29, 1.82) is 0 Å². The van der Waals surface area contributed by atoms with Crippen LogP contribution < -0.4 is 5.14 Å². The number of primary sulfonamides is 1. The van der Waals surface area contributed by atoms with Crippen LogP contribution in [0.25, 0.3) is 0 Å². The molecule has 18 heavy (non-hydrogen) atoms. The molecule has 1 heterocycles. The minimum absolute atomic E-state index is 0.274. The first-order valence-electron chi connectivity index (χ1n) is 6.59. The molecule has 0 spiro atoms. The Bertz CT molecular complexity index is 525. The van der Waals surface area contributed by atoms with E-state index in [1.54, 1.807) is 6.07 Å². The number of rotatable bonds is 3. The van der Waals surface area contributed by atoms with Gasteiger partial charge in [0.25, 0.3) is 0 Å². The lowest BCUT2D eigenvalue weighted by Crippen LogP contribution is -2.17. The summed E-state index contributed by atoms with van der Waals surface area (Å²) < 4.78 is 25.1. The second-order valence-corrected chi connectivity index (χ2v) is 6.92. The SMILES string of the molecule is Cc1cc(S(N)(=O)=O)c(C)n1CC1CCCCC1. The number of hydrogen-bond acceptors (Lipinski definition) is 2. The Morgan fingerprint density at radius 1 is 1.28 bits per heavy atom. The number of nitrogens with zero attached hydrogens (tertiary/aromatic N) is 1. The van der Waals surface area contributed by atoms with Crippen molar-refractivity contribution < 1.29 is 8.42 Å². The largest absolute Gasteiger partial charge is 0.348 e. The Morgan fingerprint density at radius 2 is 1.89 bits per heavy atom. The van der Waals surface area contributed by atoms with E-state index in [4.69, 9.17) is 5.14 Å². The van der Waals surface area contributed by atoms with Crippen molar-refractivity contribution in [3.05, 3.63) is 17.5 Å². The maximum Gasteiger partial charge on any atom is 0.239 e. The van der Waals surface area contributed by atoms with Crippen LogP contribution in [0.2, 0.25) is 0 Å². The lowest BCUT2D eigenvalue weighted by molar-refractivity contribution is 0.315. The molecule has 0 radical (unpaired) electrons. The van der Waals surface area contributed by atoms with E-state index in [2.05, 4.69) is 4.57 Å². The van der Waals surface area contributed by atoms with Gasteiger partial charge in [-0.2, -0.15) is 0 Å². The monoisotopic (exact) mass is 270 g/mol. The predicted molar refractivity (Wildman–Crippen MR) is 71.9 cm³/mol. The van der Waals surface area contributed by atoms with Gasteiger partial charge in [0.1, 0.15) is 4.90 Å². The Labute approximate surface area is 109 Å².